The van der Waals surface area contributed by atoms with Crippen molar-refractivity contribution in [3.8, 4) is 11.5 Å². The second-order valence-corrected chi connectivity index (χ2v) is 4.84. The minimum Gasteiger partial charge on any atom is -0.497 e. The zero-order chi connectivity index (χ0) is 15.9. The van der Waals surface area contributed by atoms with Crippen LogP contribution in [-0.4, -0.2) is 20.3 Å². The second kappa shape index (κ2) is 7.36. The molecule has 0 unspecified atom stereocenters. The first-order valence-corrected chi connectivity index (χ1v) is 6.95. The molecule has 5 nitrogen and oxygen atoms in total. The second-order valence-electron chi connectivity index (χ2n) is 4.84. The number of anilines is 1. The summed E-state index contributed by atoms with van der Waals surface area (Å²) in [6.45, 7) is 2.49. The normalized spacial score (nSPS) is 9.95. The van der Waals surface area contributed by atoms with Gasteiger partial charge >= 0.3 is 6.03 Å². The Labute approximate surface area is 130 Å². The van der Waals surface area contributed by atoms with Crippen molar-refractivity contribution in [2.75, 3.05) is 19.5 Å². The van der Waals surface area contributed by atoms with Crippen LogP contribution in [0.4, 0.5) is 10.5 Å². The first-order valence-electron chi connectivity index (χ1n) is 6.95. The fraction of sp³-hybridized carbons (Fsp3) is 0.235. The van der Waals surface area contributed by atoms with E-state index >= 15 is 0 Å². The average molecular weight is 300 g/mol. The third-order valence-corrected chi connectivity index (χ3v) is 3.31. The van der Waals surface area contributed by atoms with E-state index < -0.39 is 0 Å². The smallest absolute Gasteiger partial charge is 0.319 e. The maximum absolute atomic E-state index is 12.0. The van der Waals surface area contributed by atoms with Gasteiger partial charge in [0.05, 0.1) is 14.2 Å². The van der Waals surface area contributed by atoms with Gasteiger partial charge in [-0.1, -0.05) is 24.3 Å². The molecule has 0 atom stereocenters. The van der Waals surface area contributed by atoms with Crippen LogP contribution in [0.1, 0.15) is 11.1 Å². The van der Waals surface area contributed by atoms with Gasteiger partial charge in [-0.2, -0.15) is 0 Å². The number of carbonyl (C=O) groups excluding carboxylic acids is 1. The molecule has 0 aliphatic heterocycles. The van der Waals surface area contributed by atoms with Crippen molar-refractivity contribution in [3.63, 3.8) is 0 Å². The largest absolute Gasteiger partial charge is 0.497 e. The van der Waals surface area contributed by atoms with E-state index in [0.29, 0.717) is 23.7 Å². The van der Waals surface area contributed by atoms with Gasteiger partial charge in [0, 0.05) is 30.4 Å². The van der Waals surface area contributed by atoms with Crippen molar-refractivity contribution in [1.29, 1.82) is 0 Å². The summed E-state index contributed by atoms with van der Waals surface area (Å²) >= 11 is 0. The van der Waals surface area contributed by atoms with E-state index in [1.807, 2.05) is 31.2 Å². The van der Waals surface area contributed by atoms with E-state index in [0.717, 1.165) is 11.1 Å². The SMILES string of the molecule is COc1cc(NC(=O)NCc2ccccc2C)cc(OC)c1. The Morgan fingerprint density at radius 1 is 1.05 bits per heavy atom. The van der Waals surface area contributed by atoms with Gasteiger partial charge in [0.15, 0.2) is 0 Å². The molecule has 0 heterocycles. The lowest BCUT2D eigenvalue weighted by Crippen LogP contribution is -2.28. The maximum atomic E-state index is 12.0. The van der Waals surface area contributed by atoms with E-state index in [1.165, 1.54) is 0 Å². The number of hydrogen-bond acceptors (Lipinski definition) is 3. The molecule has 2 rings (SSSR count). The Kier molecular flexibility index (Phi) is 5.25. The van der Waals surface area contributed by atoms with Gasteiger partial charge in [0.2, 0.25) is 0 Å². The Balaban J connectivity index is 1.98. The molecule has 2 aromatic rings. The van der Waals surface area contributed by atoms with Crippen molar-refractivity contribution in [2.24, 2.45) is 0 Å². The molecule has 0 aromatic heterocycles. The molecule has 2 N–H and O–H groups in total. The molecule has 0 fully saturated rings. The van der Waals surface area contributed by atoms with Gasteiger partial charge in [-0.05, 0) is 18.1 Å². The van der Waals surface area contributed by atoms with Crippen LogP contribution in [0, 0.1) is 6.92 Å². The Morgan fingerprint density at radius 2 is 1.68 bits per heavy atom. The fourth-order valence-electron chi connectivity index (χ4n) is 2.04. The molecule has 116 valence electrons. The number of nitrogens with one attached hydrogen (secondary N) is 2. The lowest BCUT2D eigenvalue weighted by molar-refractivity contribution is 0.251. The number of ether oxygens (including phenoxy) is 2. The van der Waals surface area contributed by atoms with Gasteiger partial charge in [-0.25, -0.2) is 4.79 Å². The predicted octanol–water partition coefficient (Wildman–Crippen LogP) is 3.33. The lowest BCUT2D eigenvalue weighted by Gasteiger charge is -2.11. The summed E-state index contributed by atoms with van der Waals surface area (Å²) in [7, 11) is 3.13. The molecule has 22 heavy (non-hydrogen) atoms. The van der Waals surface area contributed by atoms with Gasteiger partial charge in [-0.3, -0.25) is 0 Å². The first-order chi connectivity index (χ1) is 10.6. The molecule has 0 aliphatic carbocycles. The zero-order valence-electron chi connectivity index (χ0n) is 13.0. The molecular weight excluding hydrogens is 280 g/mol. The number of rotatable bonds is 5. The highest BCUT2D eigenvalue weighted by molar-refractivity contribution is 5.89. The first kappa shape index (κ1) is 15.7. The Morgan fingerprint density at radius 3 is 2.27 bits per heavy atom. The molecule has 0 saturated carbocycles. The van der Waals surface area contributed by atoms with Crippen molar-refractivity contribution >= 4 is 11.7 Å². The van der Waals surface area contributed by atoms with Gasteiger partial charge in [0.1, 0.15) is 11.5 Å². The van der Waals surface area contributed by atoms with Crippen LogP contribution in [-0.2, 0) is 6.54 Å². The molecule has 2 amide bonds. The minimum atomic E-state index is -0.279. The van der Waals surface area contributed by atoms with Crippen LogP contribution in [0.15, 0.2) is 42.5 Å². The van der Waals surface area contributed by atoms with Crippen LogP contribution in [0.25, 0.3) is 0 Å². The highest BCUT2D eigenvalue weighted by Crippen LogP contribution is 2.25. The van der Waals surface area contributed by atoms with E-state index in [2.05, 4.69) is 10.6 Å². The molecule has 0 spiro atoms. The zero-order valence-corrected chi connectivity index (χ0v) is 13.0. The summed E-state index contributed by atoms with van der Waals surface area (Å²) in [5.41, 5.74) is 2.84. The third kappa shape index (κ3) is 4.15. The number of hydrogen-bond donors (Lipinski definition) is 2. The molecule has 0 saturated heterocycles. The number of aryl methyl sites for hydroxylation is 1. The predicted molar refractivity (Wildman–Crippen MR) is 86.6 cm³/mol. The Hall–Kier alpha value is -2.69. The van der Waals surface area contributed by atoms with Gasteiger partial charge < -0.3 is 20.1 Å². The molecule has 5 heteroatoms. The van der Waals surface area contributed by atoms with E-state index in [-0.39, 0.29) is 6.03 Å². The summed E-state index contributed by atoms with van der Waals surface area (Å²) in [4.78, 5) is 12.0. The number of amides is 2. The molecule has 0 aliphatic rings. The van der Waals surface area contributed by atoms with Crippen LogP contribution >= 0.6 is 0 Å². The fourth-order valence-corrected chi connectivity index (χ4v) is 2.04. The maximum Gasteiger partial charge on any atom is 0.319 e. The highest BCUT2D eigenvalue weighted by Gasteiger charge is 2.06. The van der Waals surface area contributed by atoms with Crippen LogP contribution in [0.2, 0.25) is 0 Å². The van der Waals surface area contributed by atoms with E-state index in [9.17, 15) is 4.79 Å². The summed E-state index contributed by atoms with van der Waals surface area (Å²) in [5, 5.41) is 5.60. The average Bonchev–Trinajstić information content (AvgIpc) is 2.53. The summed E-state index contributed by atoms with van der Waals surface area (Å²) in [5.74, 6) is 1.24. The van der Waals surface area contributed by atoms with Gasteiger partial charge in [0.25, 0.3) is 0 Å². The van der Waals surface area contributed by atoms with Crippen molar-refractivity contribution < 1.29 is 14.3 Å². The lowest BCUT2D eigenvalue weighted by atomic mass is 10.1. The highest BCUT2D eigenvalue weighted by atomic mass is 16.5. The summed E-state index contributed by atoms with van der Waals surface area (Å²) in [6.07, 6.45) is 0. The standard InChI is InChI=1S/C17H20N2O3/c1-12-6-4-5-7-13(12)11-18-17(20)19-14-8-15(21-2)10-16(9-14)22-3/h4-10H,11H2,1-3H3,(H2,18,19,20). The molecule has 0 bridgehead atoms. The van der Waals surface area contributed by atoms with Crippen molar-refractivity contribution in [2.45, 2.75) is 13.5 Å². The van der Waals surface area contributed by atoms with Crippen LogP contribution in [0.5, 0.6) is 11.5 Å². The number of urea groups is 1. The quantitative estimate of drug-likeness (QED) is 0.890. The third-order valence-electron chi connectivity index (χ3n) is 3.31. The molecule has 2 aromatic carbocycles. The Bertz CT molecular complexity index is 634. The summed E-state index contributed by atoms with van der Waals surface area (Å²) in [6, 6.07) is 12.9. The molecule has 0 radical (unpaired) electrons. The van der Waals surface area contributed by atoms with Gasteiger partial charge in [-0.15, -0.1) is 0 Å². The van der Waals surface area contributed by atoms with Crippen molar-refractivity contribution in [1.82, 2.24) is 5.32 Å². The monoisotopic (exact) mass is 300 g/mol. The number of methoxy groups -OCH3 is 2. The number of carbonyl (C=O) groups is 1. The van der Waals surface area contributed by atoms with Crippen LogP contribution in [0.3, 0.4) is 0 Å². The topological polar surface area (TPSA) is 59.6 Å². The van der Waals surface area contributed by atoms with E-state index in [1.54, 1.807) is 32.4 Å². The summed E-state index contributed by atoms with van der Waals surface area (Å²) < 4.78 is 10.3. The van der Waals surface area contributed by atoms with Crippen LogP contribution < -0.4 is 20.1 Å². The minimum absolute atomic E-state index is 0.279. The van der Waals surface area contributed by atoms with E-state index in [4.69, 9.17) is 9.47 Å². The molecular formula is C17H20N2O3. The van der Waals surface area contributed by atoms with Crippen molar-refractivity contribution in [3.05, 3.63) is 53.6 Å². The number of benzene rings is 2.